The van der Waals surface area contributed by atoms with E-state index in [0.29, 0.717) is 105 Å². The Labute approximate surface area is 419 Å². The Bertz CT molecular complexity index is 1300. The Hall–Kier alpha value is -3.22. The largest absolute Gasteiger partial charge is 0.481 e. The highest BCUT2D eigenvalue weighted by molar-refractivity contribution is 9.10. The minimum atomic E-state index is -1.01. The van der Waals surface area contributed by atoms with Gasteiger partial charge in [0, 0.05) is 35.3 Å². The molecule has 21 nitrogen and oxygen atoms in total. The highest BCUT2D eigenvalue weighted by atomic mass is 79.9. The molecule has 0 unspecified atom stereocenters. The lowest BCUT2D eigenvalue weighted by atomic mass is 9.77. The summed E-state index contributed by atoms with van der Waals surface area (Å²) in [4.78, 5) is 95.5. The molecule has 1 saturated heterocycles. The van der Waals surface area contributed by atoms with Gasteiger partial charge in [0.05, 0.1) is 105 Å². The summed E-state index contributed by atoms with van der Waals surface area (Å²) in [6.07, 6.45) is 4.45. The molecule has 23 heteroatoms. The summed E-state index contributed by atoms with van der Waals surface area (Å²) in [5, 5.41) is 17.2. The number of aliphatic carboxylic acids is 2. The molecule has 1 fully saturated rings. The van der Waals surface area contributed by atoms with Crippen molar-refractivity contribution in [3.63, 3.8) is 0 Å². The molecule has 0 spiro atoms. The van der Waals surface area contributed by atoms with Crippen LogP contribution < -0.4 is 0 Å². The van der Waals surface area contributed by atoms with E-state index in [9.17, 15) is 43.2 Å². The van der Waals surface area contributed by atoms with E-state index in [2.05, 4.69) is 74.0 Å². The van der Waals surface area contributed by atoms with Gasteiger partial charge in [-0.2, -0.15) is 0 Å². The summed E-state index contributed by atoms with van der Waals surface area (Å²) < 4.78 is 44.2. The van der Waals surface area contributed by atoms with E-state index >= 15 is 0 Å². The number of carboxylic acids is 2. The smallest absolute Gasteiger partial charge is 0.329 e. The van der Waals surface area contributed by atoms with Crippen molar-refractivity contribution in [2.75, 3.05) is 124 Å². The Kier molecular flexibility index (Phi) is 57.6. The first kappa shape index (κ1) is 73.7. The molecule has 0 bridgehead atoms. The fourth-order valence-electron chi connectivity index (χ4n) is 3.68. The Morgan fingerprint density at radius 3 is 1.25 bits per heavy atom. The fourth-order valence-corrected chi connectivity index (χ4v) is 4.05. The van der Waals surface area contributed by atoms with Crippen LogP contribution in [-0.2, 0) is 85.8 Å². The second-order valence-corrected chi connectivity index (χ2v) is 18.1. The van der Waals surface area contributed by atoms with Crippen LogP contribution in [0.1, 0.15) is 101 Å². The van der Waals surface area contributed by atoms with Gasteiger partial charge < -0.3 is 57.6 Å². The van der Waals surface area contributed by atoms with Crippen molar-refractivity contribution in [1.29, 1.82) is 0 Å². The van der Waals surface area contributed by atoms with Crippen LogP contribution in [0.3, 0.4) is 0 Å². The summed E-state index contributed by atoms with van der Waals surface area (Å²) in [5.74, 6) is -1.48. The van der Waals surface area contributed by atoms with E-state index in [1.54, 1.807) is 6.92 Å². The van der Waals surface area contributed by atoms with Crippen LogP contribution in [0.15, 0.2) is 4.99 Å². The van der Waals surface area contributed by atoms with E-state index in [0.717, 1.165) is 11.8 Å². The number of carboxylic acid groups (broad SMARTS) is 2. The molecular weight excluding hydrogens is 1030 g/mol. The molecule has 1 heterocycles. The molecule has 2 N–H and O–H groups in total. The van der Waals surface area contributed by atoms with Gasteiger partial charge in [0.2, 0.25) is 6.08 Å². The van der Waals surface area contributed by atoms with Gasteiger partial charge in [-0.1, -0.05) is 45.7 Å². The lowest BCUT2D eigenvalue weighted by Gasteiger charge is -2.36. The van der Waals surface area contributed by atoms with Gasteiger partial charge in [-0.3, -0.25) is 28.8 Å². The van der Waals surface area contributed by atoms with Crippen LogP contribution in [0.2, 0.25) is 0 Å². The zero-order valence-electron chi connectivity index (χ0n) is 41.6. The number of aliphatic imine (C=N–C) groups is 1. The number of isocyanates is 1. The maximum atomic E-state index is 10.9. The van der Waals surface area contributed by atoms with Crippen LogP contribution in [0.5, 0.6) is 0 Å². The van der Waals surface area contributed by atoms with Crippen molar-refractivity contribution in [2.45, 2.75) is 105 Å². The lowest BCUT2D eigenvalue weighted by Crippen LogP contribution is -2.34. The number of halogens is 2. The van der Waals surface area contributed by atoms with Crippen molar-refractivity contribution >= 4 is 84.8 Å². The Balaban J connectivity index is -0.000000236. The van der Waals surface area contributed by atoms with E-state index in [4.69, 9.17) is 43.4 Å². The molecule has 0 amide bonds. The van der Waals surface area contributed by atoms with E-state index in [-0.39, 0.29) is 90.7 Å². The number of carbonyl (C=O) groups excluding carboxylic acids is 7. The number of ketones is 5. The van der Waals surface area contributed by atoms with Crippen molar-refractivity contribution < 1.29 is 96.0 Å². The quantitative estimate of drug-likeness (QED) is 0.0278. The topological polar surface area (TPSA) is 290 Å². The number of hydrogen-bond donors (Lipinski definition) is 2. The zero-order chi connectivity index (χ0) is 53.1. The first-order valence-electron chi connectivity index (χ1n) is 21.8. The number of cyclic esters (lactones) is 1. The molecule has 1 rings (SSSR count). The summed E-state index contributed by atoms with van der Waals surface area (Å²) in [6.45, 7) is 22.1. The number of carbonyl (C=O) groups is 8. The molecule has 398 valence electrons. The normalized spacial score (nSPS) is 11.4. The first-order chi connectivity index (χ1) is 31.9. The SMILES string of the molecule is CC(=O)CC(C)(C)C(C)(C)Br.CC(=O)CCOCCOCCC(=O)O.CC(=O)CCOCCOCCN=C=O.CC(=O)COCCOCC(=O)O.CC(=O)COCCOCCBr.O=C1CCCO1. The molecular formula is C45H79Br2NO20. The maximum absolute atomic E-state index is 10.9. The van der Waals surface area contributed by atoms with Crippen LogP contribution in [-0.4, -0.2) is 192 Å². The number of rotatable bonds is 35. The molecule has 0 saturated carbocycles. The number of Topliss-reactive ketones (excluding diaryl/α,β-unsaturated/α-hetero) is 5. The first-order valence-corrected chi connectivity index (χ1v) is 23.7. The van der Waals surface area contributed by atoms with Gasteiger partial charge in [0.15, 0.2) is 11.6 Å². The fraction of sp³-hybridized carbons (Fsp3) is 0.800. The summed E-state index contributed by atoms with van der Waals surface area (Å²) in [5.41, 5.74) is 0.0266. The predicted octanol–water partition coefficient (Wildman–Crippen LogP) is 4.99. The van der Waals surface area contributed by atoms with Crippen molar-refractivity contribution in [1.82, 2.24) is 0 Å². The molecule has 0 atom stereocenters. The van der Waals surface area contributed by atoms with Crippen LogP contribution >= 0.6 is 31.9 Å². The number of hydrogen-bond acceptors (Lipinski definition) is 19. The van der Waals surface area contributed by atoms with E-state index in [1.165, 1.54) is 33.8 Å². The number of ether oxygens (including phenoxy) is 9. The highest BCUT2D eigenvalue weighted by Gasteiger charge is 2.35. The number of alkyl halides is 2. The summed E-state index contributed by atoms with van der Waals surface area (Å²) in [7, 11) is 0. The minimum Gasteiger partial charge on any atom is -0.481 e. The lowest BCUT2D eigenvalue weighted by molar-refractivity contribution is -0.143. The highest BCUT2D eigenvalue weighted by Crippen LogP contribution is 2.40. The third-order valence-corrected chi connectivity index (χ3v) is 9.10. The molecule has 0 aromatic rings. The molecule has 0 aromatic heterocycles. The zero-order valence-corrected chi connectivity index (χ0v) is 44.8. The summed E-state index contributed by atoms with van der Waals surface area (Å²) in [6, 6.07) is 0. The second kappa shape index (κ2) is 53.1. The van der Waals surface area contributed by atoms with Gasteiger partial charge >= 0.3 is 17.9 Å². The van der Waals surface area contributed by atoms with Gasteiger partial charge in [0.25, 0.3) is 0 Å². The van der Waals surface area contributed by atoms with Gasteiger partial charge in [-0.25, -0.2) is 14.6 Å². The van der Waals surface area contributed by atoms with Crippen molar-refractivity contribution in [2.24, 2.45) is 10.4 Å². The maximum Gasteiger partial charge on any atom is 0.329 e. The summed E-state index contributed by atoms with van der Waals surface area (Å²) >= 11 is 6.80. The Morgan fingerprint density at radius 1 is 0.574 bits per heavy atom. The third kappa shape index (κ3) is 74.3. The molecule has 1 aliphatic heterocycles. The number of nitrogens with zero attached hydrogens (tertiary/aromatic N) is 1. The monoisotopic (exact) mass is 1110 g/mol. The average Bonchev–Trinajstić information content (AvgIpc) is 3.71. The average molecular weight is 1110 g/mol. The standard InChI is InChI=1S/C9H17BrO.C9H15NO4.C9H16O5.C7H13BrO3.C7H12O5.C4H6O2/c1-7(11)6-8(2,3)9(4,5)10;1-9(12)2-4-13-6-7-14-5-3-10-8-11;1-8(10)2-4-13-6-7-14-5-3-9(11)12;1-7(9)6-11-5-4-10-3-2-8;1-6(8)4-11-2-3-12-5-7(9)10;5-4-2-1-3-6-4/h6H2,1-5H3;2-7H2,1H3;2-7H2,1H3,(H,11,12);2-6H2,1H3;2-5H2,1H3,(H,9,10);1-3H2. The molecule has 0 aliphatic carbocycles. The third-order valence-electron chi connectivity index (χ3n) is 7.70. The molecule has 0 radical (unpaired) electrons. The van der Waals surface area contributed by atoms with Crippen molar-refractivity contribution in [3.8, 4) is 0 Å². The molecule has 1 aliphatic rings. The van der Waals surface area contributed by atoms with E-state index in [1.807, 2.05) is 0 Å². The number of esters is 1. The van der Waals surface area contributed by atoms with Crippen LogP contribution in [0.4, 0.5) is 0 Å². The van der Waals surface area contributed by atoms with Crippen LogP contribution in [0.25, 0.3) is 0 Å². The van der Waals surface area contributed by atoms with E-state index < -0.39 is 11.9 Å². The van der Waals surface area contributed by atoms with Crippen LogP contribution in [0, 0.1) is 5.41 Å². The second-order valence-electron chi connectivity index (χ2n) is 15.3. The predicted molar refractivity (Wildman–Crippen MR) is 257 cm³/mol. The van der Waals surface area contributed by atoms with Crippen molar-refractivity contribution in [3.05, 3.63) is 0 Å². The van der Waals surface area contributed by atoms with Gasteiger partial charge in [0.1, 0.15) is 37.2 Å². The van der Waals surface area contributed by atoms with Gasteiger partial charge in [-0.05, 0) is 60.3 Å². The molecule has 0 aromatic carbocycles. The minimum absolute atomic E-state index is 0.00739. The Morgan fingerprint density at radius 2 is 0.971 bits per heavy atom. The van der Waals surface area contributed by atoms with Gasteiger partial charge in [-0.15, -0.1) is 0 Å². The molecule has 68 heavy (non-hydrogen) atoms.